The molecule has 0 radical (unpaired) electrons. The molecule has 25 heavy (non-hydrogen) atoms. The molecule has 1 amide bonds. The van der Waals surface area contributed by atoms with Crippen LogP contribution >= 0.6 is 0 Å². The molecular formula is C19H17N5O. The summed E-state index contributed by atoms with van der Waals surface area (Å²) in [5, 5.41) is 15.4. The fourth-order valence-electron chi connectivity index (χ4n) is 2.92. The van der Waals surface area contributed by atoms with E-state index in [1.54, 1.807) is 28.1 Å². The summed E-state index contributed by atoms with van der Waals surface area (Å²) in [6.07, 6.45) is 1.59. The van der Waals surface area contributed by atoms with Crippen LogP contribution in [0.2, 0.25) is 0 Å². The molecule has 0 unspecified atom stereocenters. The summed E-state index contributed by atoms with van der Waals surface area (Å²) in [4.78, 5) is 16.4. The van der Waals surface area contributed by atoms with Crippen molar-refractivity contribution in [1.29, 1.82) is 5.41 Å². The molecule has 2 aromatic carbocycles. The number of aryl methyl sites for hydroxylation is 1. The van der Waals surface area contributed by atoms with Crippen LogP contribution in [0, 0.1) is 12.3 Å². The molecule has 6 nitrogen and oxygen atoms in total. The highest BCUT2D eigenvalue weighted by Crippen LogP contribution is 2.29. The molecule has 4 rings (SSSR count). The lowest BCUT2D eigenvalue weighted by atomic mass is 10.1. The van der Waals surface area contributed by atoms with Gasteiger partial charge in [-0.2, -0.15) is 5.10 Å². The lowest BCUT2D eigenvalue weighted by Crippen LogP contribution is -2.49. The largest absolute Gasteiger partial charge is 0.307 e. The highest BCUT2D eigenvalue weighted by Gasteiger charge is 2.33. The second-order valence-corrected chi connectivity index (χ2v) is 5.99. The fraction of sp³-hybridized carbons (Fsp3) is 0.105. The first kappa shape index (κ1) is 15.1. The molecule has 2 heterocycles. The van der Waals surface area contributed by atoms with E-state index in [9.17, 15) is 4.79 Å². The topological polar surface area (TPSA) is 76.1 Å². The molecule has 0 spiro atoms. The van der Waals surface area contributed by atoms with Gasteiger partial charge in [0.05, 0.1) is 11.8 Å². The van der Waals surface area contributed by atoms with Gasteiger partial charge in [0.25, 0.3) is 5.91 Å². The first-order valence-corrected chi connectivity index (χ1v) is 7.98. The van der Waals surface area contributed by atoms with Gasteiger partial charge >= 0.3 is 0 Å². The van der Waals surface area contributed by atoms with Crippen LogP contribution in [0.5, 0.6) is 0 Å². The minimum Gasteiger partial charge on any atom is -0.307 e. The van der Waals surface area contributed by atoms with Gasteiger partial charge in [-0.3, -0.25) is 20.2 Å². The van der Waals surface area contributed by atoms with E-state index in [1.165, 1.54) is 0 Å². The zero-order valence-electron chi connectivity index (χ0n) is 13.7. The Balaban J connectivity index is 1.75. The van der Waals surface area contributed by atoms with Gasteiger partial charge < -0.3 is 4.90 Å². The predicted octanol–water partition coefficient (Wildman–Crippen LogP) is 3.17. The maximum Gasteiger partial charge on any atom is 0.260 e. The van der Waals surface area contributed by atoms with Crippen LogP contribution in [0.25, 0.3) is 0 Å². The van der Waals surface area contributed by atoms with Gasteiger partial charge in [-0.15, -0.1) is 0 Å². The maximum absolute atomic E-state index is 13.0. The number of amides is 1. The smallest absolute Gasteiger partial charge is 0.260 e. The number of benzene rings is 2. The van der Waals surface area contributed by atoms with E-state index in [2.05, 4.69) is 10.2 Å². The van der Waals surface area contributed by atoms with Crippen molar-refractivity contribution in [2.45, 2.75) is 6.92 Å². The summed E-state index contributed by atoms with van der Waals surface area (Å²) in [5.74, 6) is 0.752. The van der Waals surface area contributed by atoms with E-state index in [0.29, 0.717) is 22.8 Å². The van der Waals surface area contributed by atoms with Crippen LogP contribution in [-0.2, 0) is 0 Å². The third-order valence-corrected chi connectivity index (χ3v) is 4.31. The van der Waals surface area contributed by atoms with Crippen LogP contribution < -0.4 is 9.80 Å². The Labute approximate surface area is 145 Å². The number of fused-ring (bicyclic) bond motifs is 1. The van der Waals surface area contributed by atoms with Gasteiger partial charge in [-0.05, 0) is 31.2 Å². The number of rotatable bonds is 2. The Bertz CT molecular complexity index is 930. The third kappa shape index (κ3) is 2.57. The molecule has 1 aromatic heterocycles. The molecule has 0 saturated heterocycles. The Morgan fingerprint density at radius 2 is 1.84 bits per heavy atom. The first-order chi connectivity index (χ1) is 12.1. The van der Waals surface area contributed by atoms with Crippen molar-refractivity contribution in [3.8, 4) is 0 Å². The van der Waals surface area contributed by atoms with Crippen molar-refractivity contribution in [3.63, 3.8) is 0 Å². The average molecular weight is 331 g/mol. The zero-order chi connectivity index (χ0) is 17.4. The average Bonchev–Trinajstić information content (AvgIpc) is 3.14. The van der Waals surface area contributed by atoms with E-state index >= 15 is 0 Å². The number of amidine groups is 1. The fourth-order valence-corrected chi connectivity index (χ4v) is 2.92. The number of H-pyrrole nitrogens is 1. The molecule has 2 N–H and O–H groups in total. The van der Waals surface area contributed by atoms with Crippen molar-refractivity contribution < 1.29 is 4.79 Å². The number of aromatic nitrogens is 2. The first-order valence-electron chi connectivity index (χ1n) is 7.98. The molecule has 1 aliphatic heterocycles. The molecular weight excluding hydrogens is 314 g/mol. The molecule has 6 heteroatoms. The van der Waals surface area contributed by atoms with E-state index in [4.69, 9.17) is 5.41 Å². The molecule has 0 aliphatic carbocycles. The van der Waals surface area contributed by atoms with Crippen LogP contribution in [0.3, 0.4) is 0 Å². The molecule has 0 bridgehead atoms. The van der Waals surface area contributed by atoms with Gasteiger partial charge in [0.2, 0.25) is 0 Å². The van der Waals surface area contributed by atoms with E-state index < -0.39 is 0 Å². The molecule has 124 valence electrons. The summed E-state index contributed by atoms with van der Waals surface area (Å²) in [6, 6.07) is 17.0. The zero-order valence-corrected chi connectivity index (χ0v) is 13.7. The van der Waals surface area contributed by atoms with Crippen molar-refractivity contribution >= 4 is 23.2 Å². The van der Waals surface area contributed by atoms with E-state index in [1.807, 2.05) is 49.4 Å². The predicted molar refractivity (Wildman–Crippen MR) is 97.2 cm³/mol. The number of nitrogens with zero attached hydrogens (tertiary/aromatic N) is 3. The van der Waals surface area contributed by atoms with E-state index in [-0.39, 0.29) is 12.6 Å². The number of hydrogen-bond acceptors (Lipinski definition) is 3. The lowest BCUT2D eigenvalue weighted by molar-refractivity contribution is 0.0986. The van der Waals surface area contributed by atoms with E-state index in [0.717, 1.165) is 11.3 Å². The Hall–Kier alpha value is -3.41. The molecule has 0 fully saturated rings. The second-order valence-electron chi connectivity index (χ2n) is 5.99. The van der Waals surface area contributed by atoms with Crippen LogP contribution in [-0.4, -0.2) is 28.6 Å². The number of aromatic amines is 1. The number of anilines is 2. The number of carbonyl (C=O) groups excluding carboxylic acids is 1. The van der Waals surface area contributed by atoms with Crippen LogP contribution in [0.15, 0.2) is 60.8 Å². The summed E-state index contributed by atoms with van der Waals surface area (Å²) in [7, 11) is 0. The van der Waals surface area contributed by atoms with Crippen molar-refractivity contribution in [1.82, 2.24) is 10.2 Å². The highest BCUT2D eigenvalue weighted by molar-refractivity contribution is 6.18. The minimum absolute atomic E-state index is 0.129. The van der Waals surface area contributed by atoms with Crippen LogP contribution in [0.1, 0.15) is 21.5 Å². The highest BCUT2D eigenvalue weighted by atomic mass is 16.2. The minimum atomic E-state index is -0.129. The van der Waals surface area contributed by atoms with Gasteiger partial charge in [-0.1, -0.05) is 35.9 Å². The van der Waals surface area contributed by atoms with Crippen LogP contribution in [0.4, 0.5) is 11.5 Å². The second kappa shape index (κ2) is 5.90. The maximum atomic E-state index is 13.0. The Morgan fingerprint density at radius 3 is 2.56 bits per heavy atom. The van der Waals surface area contributed by atoms with Gasteiger partial charge in [0, 0.05) is 11.3 Å². The SMILES string of the molecule is Cc1ccc(N2CN(C(=O)c3ccccc3)c3[nH]ncc3C2=N)cc1. The van der Waals surface area contributed by atoms with Gasteiger partial charge in [0.15, 0.2) is 0 Å². The summed E-state index contributed by atoms with van der Waals surface area (Å²) >= 11 is 0. The van der Waals surface area contributed by atoms with Crippen molar-refractivity contribution in [2.24, 2.45) is 0 Å². The van der Waals surface area contributed by atoms with Crippen molar-refractivity contribution in [3.05, 3.63) is 77.5 Å². The lowest BCUT2D eigenvalue weighted by Gasteiger charge is -2.36. The Kier molecular flexibility index (Phi) is 3.57. The molecule has 0 atom stereocenters. The Morgan fingerprint density at radius 1 is 1.12 bits per heavy atom. The summed E-state index contributed by atoms with van der Waals surface area (Å²) < 4.78 is 0. The summed E-state index contributed by atoms with van der Waals surface area (Å²) in [6.45, 7) is 2.27. The van der Waals surface area contributed by atoms with Crippen molar-refractivity contribution in [2.75, 3.05) is 16.5 Å². The third-order valence-electron chi connectivity index (χ3n) is 4.31. The quantitative estimate of drug-likeness (QED) is 0.757. The molecule has 1 aliphatic rings. The monoisotopic (exact) mass is 331 g/mol. The standard InChI is InChI=1S/C19H17N5O/c1-13-7-9-15(10-8-13)23-12-24(18-16(17(23)20)11-21-22-18)19(25)14-5-3-2-4-6-14/h2-11,20H,12H2,1H3,(H,21,22). The summed E-state index contributed by atoms with van der Waals surface area (Å²) in [5.41, 5.74) is 3.22. The van der Waals surface area contributed by atoms with Gasteiger partial charge in [0.1, 0.15) is 18.3 Å². The molecule has 0 saturated carbocycles. The number of carbonyl (C=O) groups is 1. The number of nitrogens with one attached hydrogen (secondary N) is 2. The normalized spacial score (nSPS) is 13.7. The van der Waals surface area contributed by atoms with Gasteiger partial charge in [-0.25, -0.2) is 0 Å². The molecule has 3 aromatic rings. The number of hydrogen-bond donors (Lipinski definition) is 2.